The summed E-state index contributed by atoms with van der Waals surface area (Å²) >= 11 is 0. The smallest absolute Gasteiger partial charge is 0.254 e. The summed E-state index contributed by atoms with van der Waals surface area (Å²) in [7, 11) is 2.78. The zero-order valence-corrected chi connectivity index (χ0v) is 10.9. The number of halogens is 2. The van der Waals surface area contributed by atoms with Crippen molar-refractivity contribution in [1.29, 1.82) is 0 Å². The van der Waals surface area contributed by atoms with Crippen LogP contribution in [-0.2, 0) is 9.53 Å². The van der Waals surface area contributed by atoms with E-state index >= 15 is 0 Å². The van der Waals surface area contributed by atoms with Crippen LogP contribution in [0.1, 0.15) is 0 Å². The molecule has 0 aliphatic heterocycles. The number of benzene rings is 1. The molecule has 102 valence electrons. The van der Waals surface area contributed by atoms with Gasteiger partial charge in [0.05, 0.1) is 12.8 Å². The second-order valence-corrected chi connectivity index (χ2v) is 3.29. The van der Waals surface area contributed by atoms with Crippen molar-refractivity contribution < 1.29 is 18.7 Å². The minimum atomic E-state index is -0.746. The molecule has 1 unspecified atom stereocenters. The predicted molar refractivity (Wildman–Crippen MR) is 68.7 cm³/mol. The minimum Gasteiger partial charge on any atom is -0.494 e. The van der Waals surface area contributed by atoms with Gasteiger partial charge in [0.1, 0.15) is 17.7 Å². The predicted octanol–water partition coefficient (Wildman–Crippen LogP) is 1.17. The Balaban J connectivity index is 0.00000289. The first-order chi connectivity index (χ1) is 8.12. The van der Waals surface area contributed by atoms with E-state index in [1.807, 2.05) is 0 Å². The monoisotopic (exact) mass is 278 g/mol. The van der Waals surface area contributed by atoms with Crippen LogP contribution in [0.4, 0.5) is 10.1 Å². The summed E-state index contributed by atoms with van der Waals surface area (Å²) in [5.41, 5.74) is 5.73. The van der Waals surface area contributed by atoms with Gasteiger partial charge in [-0.2, -0.15) is 0 Å². The van der Waals surface area contributed by atoms with Gasteiger partial charge in [0.15, 0.2) is 0 Å². The largest absolute Gasteiger partial charge is 0.494 e. The van der Waals surface area contributed by atoms with Crippen LogP contribution in [0.3, 0.4) is 0 Å². The Morgan fingerprint density at radius 3 is 2.67 bits per heavy atom. The maximum atomic E-state index is 12.9. The number of nitrogens with two attached hydrogens (primary N) is 1. The van der Waals surface area contributed by atoms with Crippen LogP contribution in [0, 0.1) is 5.82 Å². The average molecular weight is 279 g/mol. The highest BCUT2D eigenvalue weighted by Crippen LogP contribution is 2.25. The van der Waals surface area contributed by atoms with E-state index in [1.165, 1.54) is 32.4 Å². The summed E-state index contributed by atoms with van der Waals surface area (Å²) < 4.78 is 22.8. The standard InChI is InChI=1S/C11H15FN2O3.ClH/c1-16-9-5-7(12)3-4-8(9)14-11(15)10(6-13)17-2;/h3-5,10H,6,13H2,1-2H3,(H,14,15);1H. The number of rotatable bonds is 5. The van der Waals surface area contributed by atoms with E-state index in [4.69, 9.17) is 15.2 Å². The van der Waals surface area contributed by atoms with Gasteiger partial charge in [-0.15, -0.1) is 12.4 Å². The lowest BCUT2D eigenvalue weighted by molar-refractivity contribution is -0.125. The fraction of sp³-hybridized carbons (Fsp3) is 0.364. The highest BCUT2D eigenvalue weighted by molar-refractivity contribution is 5.95. The van der Waals surface area contributed by atoms with Gasteiger partial charge in [-0.3, -0.25) is 4.79 Å². The normalized spacial score (nSPS) is 11.3. The van der Waals surface area contributed by atoms with E-state index in [0.717, 1.165) is 0 Å². The first kappa shape index (κ1) is 16.6. The van der Waals surface area contributed by atoms with E-state index < -0.39 is 17.8 Å². The average Bonchev–Trinajstić information content (AvgIpc) is 2.33. The molecule has 5 nitrogen and oxygen atoms in total. The fourth-order valence-electron chi connectivity index (χ4n) is 1.29. The first-order valence-electron chi connectivity index (χ1n) is 4.99. The van der Waals surface area contributed by atoms with Crippen LogP contribution < -0.4 is 15.8 Å². The van der Waals surface area contributed by atoms with Gasteiger partial charge >= 0.3 is 0 Å². The van der Waals surface area contributed by atoms with Gasteiger partial charge < -0.3 is 20.5 Å². The Hall–Kier alpha value is -1.37. The highest BCUT2D eigenvalue weighted by atomic mass is 35.5. The number of hydrogen-bond donors (Lipinski definition) is 2. The van der Waals surface area contributed by atoms with E-state index in [0.29, 0.717) is 5.69 Å². The van der Waals surface area contributed by atoms with E-state index in [9.17, 15) is 9.18 Å². The van der Waals surface area contributed by atoms with Crippen LogP contribution in [0.25, 0.3) is 0 Å². The van der Waals surface area contributed by atoms with Crippen molar-refractivity contribution in [2.45, 2.75) is 6.10 Å². The Labute approximate surface area is 111 Å². The number of hydrogen-bond acceptors (Lipinski definition) is 4. The molecule has 7 heteroatoms. The maximum Gasteiger partial charge on any atom is 0.254 e. The molecule has 18 heavy (non-hydrogen) atoms. The SMILES string of the molecule is COc1cc(F)ccc1NC(=O)C(CN)OC.Cl. The topological polar surface area (TPSA) is 73.6 Å². The lowest BCUT2D eigenvalue weighted by Crippen LogP contribution is -2.36. The van der Waals surface area contributed by atoms with Crippen LogP contribution in [-0.4, -0.2) is 32.8 Å². The lowest BCUT2D eigenvalue weighted by Gasteiger charge is -2.14. The summed E-state index contributed by atoms with van der Waals surface area (Å²) in [6, 6.07) is 3.82. The highest BCUT2D eigenvalue weighted by Gasteiger charge is 2.17. The van der Waals surface area contributed by atoms with Gasteiger partial charge in [0.25, 0.3) is 5.91 Å². The van der Waals surface area contributed by atoms with E-state index in [1.54, 1.807) is 0 Å². The molecule has 1 rings (SSSR count). The number of nitrogens with one attached hydrogen (secondary N) is 1. The molecule has 0 spiro atoms. The van der Waals surface area contributed by atoms with Crippen molar-refractivity contribution >= 4 is 24.0 Å². The van der Waals surface area contributed by atoms with Gasteiger partial charge in [-0.25, -0.2) is 4.39 Å². The molecule has 3 N–H and O–H groups in total. The maximum absolute atomic E-state index is 12.9. The number of anilines is 1. The van der Waals surface area contributed by atoms with Crippen molar-refractivity contribution in [2.24, 2.45) is 5.73 Å². The molecule has 1 aromatic carbocycles. The van der Waals surface area contributed by atoms with Crippen molar-refractivity contribution in [1.82, 2.24) is 0 Å². The lowest BCUT2D eigenvalue weighted by atomic mass is 10.2. The zero-order chi connectivity index (χ0) is 12.8. The van der Waals surface area contributed by atoms with Crippen molar-refractivity contribution in [3.63, 3.8) is 0 Å². The number of carbonyl (C=O) groups is 1. The number of carbonyl (C=O) groups excluding carboxylic acids is 1. The third-order valence-electron chi connectivity index (χ3n) is 2.21. The van der Waals surface area contributed by atoms with Crippen molar-refractivity contribution in [3.05, 3.63) is 24.0 Å². The number of amides is 1. The number of methoxy groups -OCH3 is 2. The molecule has 0 aromatic heterocycles. The molecule has 0 bridgehead atoms. The van der Waals surface area contributed by atoms with Gasteiger partial charge in [-0.05, 0) is 12.1 Å². The zero-order valence-electron chi connectivity index (χ0n) is 10.1. The summed E-state index contributed by atoms with van der Waals surface area (Å²) in [6.07, 6.45) is -0.746. The Bertz CT molecular complexity index is 400. The second kappa shape index (κ2) is 7.86. The molecular formula is C11H16ClFN2O3. The van der Waals surface area contributed by atoms with Crippen molar-refractivity contribution in [2.75, 3.05) is 26.1 Å². The first-order valence-corrected chi connectivity index (χ1v) is 4.99. The molecule has 0 saturated heterocycles. The van der Waals surface area contributed by atoms with Crippen LogP contribution in [0.2, 0.25) is 0 Å². The van der Waals surface area contributed by atoms with Gasteiger partial charge in [-0.1, -0.05) is 0 Å². The van der Waals surface area contributed by atoms with Crippen LogP contribution in [0.5, 0.6) is 5.75 Å². The molecule has 0 aliphatic rings. The molecule has 1 amide bonds. The quantitative estimate of drug-likeness (QED) is 0.848. The van der Waals surface area contributed by atoms with Crippen LogP contribution >= 0.6 is 12.4 Å². The van der Waals surface area contributed by atoms with Crippen LogP contribution in [0.15, 0.2) is 18.2 Å². The Morgan fingerprint density at radius 1 is 1.50 bits per heavy atom. The summed E-state index contributed by atoms with van der Waals surface area (Å²) in [4.78, 5) is 11.7. The Kier molecular flexibility index (Phi) is 7.26. The third kappa shape index (κ3) is 4.14. The summed E-state index contributed by atoms with van der Waals surface area (Å²) in [5, 5.41) is 2.56. The van der Waals surface area contributed by atoms with E-state index in [2.05, 4.69) is 5.32 Å². The van der Waals surface area contributed by atoms with E-state index in [-0.39, 0.29) is 24.7 Å². The molecule has 1 atom stereocenters. The van der Waals surface area contributed by atoms with Gasteiger partial charge in [0, 0.05) is 19.7 Å². The summed E-state index contributed by atoms with van der Waals surface area (Å²) in [6.45, 7) is 0.0614. The fourth-order valence-corrected chi connectivity index (χ4v) is 1.29. The second-order valence-electron chi connectivity index (χ2n) is 3.29. The minimum absolute atomic E-state index is 0. The molecule has 0 fully saturated rings. The molecular weight excluding hydrogens is 263 g/mol. The number of ether oxygens (including phenoxy) is 2. The molecule has 0 aliphatic carbocycles. The molecule has 0 radical (unpaired) electrons. The third-order valence-corrected chi connectivity index (χ3v) is 2.21. The Morgan fingerprint density at radius 2 is 2.17 bits per heavy atom. The van der Waals surface area contributed by atoms with Crippen molar-refractivity contribution in [3.8, 4) is 5.75 Å². The molecule has 0 saturated carbocycles. The molecule has 1 aromatic rings. The summed E-state index contributed by atoms with van der Waals surface area (Å²) in [5.74, 6) is -0.605. The van der Waals surface area contributed by atoms with Gasteiger partial charge in [0.2, 0.25) is 0 Å². The molecule has 0 heterocycles.